The third-order valence-corrected chi connectivity index (χ3v) is 6.14. The fraction of sp³-hybridized carbons (Fsp3) is 0.619. The molecule has 2 fully saturated rings. The van der Waals surface area contributed by atoms with Crippen molar-refractivity contribution in [1.29, 1.82) is 0 Å². The number of hydrogen-bond donors (Lipinski definition) is 0. The Morgan fingerprint density at radius 2 is 2.03 bits per heavy atom. The van der Waals surface area contributed by atoms with Gasteiger partial charge in [0, 0.05) is 44.5 Å². The standard InChI is InChI=1S/C21H28N6O4/c1-4-30-19(29)21-6-5-7-26(18(28)8-17-24-15(3)25-31-17)11-16(21)12-27(13-21)20-22-9-14(2)10-23-20/h9-10,16H,4-8,11-13H2,1-3H3/t16-,21-/m0/s1. The van der Waals surface area contributed by atoms with Crippen molar-refractivity contribution in [1.82, 2.24) is 25.0 Å². The Morgan fingerprint density at radius 1 is 1.26 bits per heavy atom. The number of likely N-dealkylation sites (tertiary alicyclic amines) is 1. The van der Waals surface area contributed by atoms with E-state index in [0.29, 0.717) is 63.3 Å². The van der Waals surface area contributed by atoms with Gasteiger partial charge in [0.25, 0.3) is 0 Å². The Labute approximate surface area is 181 Å². The third-order valence-electron chi connectivity index (χ3n) is 6.14. The van der Waals surface area contributed by atoms with Crippen LogP contribution < -0.4 is 4.90 Å². The monoisotopic (exact) mass is 428 g/mol. The SMILES string of the molecule is CCOC(=O)[C@]12CCCN(C(=O)Cc3nc(C)no3)C[C@H]1CN(c1ncc(C)cn1)C2. The first-order chi connectivity index (χ1) is 14.9. The fourth-order valence-corrected chi connectivity index (χ4v) is 4.62. The van der Waals surface area contributed by atoms with Crippen LogP contribution in [-0.2, 0) is 20.7 Å². The van der Waals surface area contributed by atoms with Crippen LogP contribution in [-0.4, -0.2) is 69.7 Å². The molecule has 1 amide bonds. The van der Waals surface area contributed by atoms with Crippen LogP contribution in [0.3, 0.4) is 0 Å². The van der Waals surface area contributed by atoms with Gasteiger partial charge in [-0.2, -0.15) is 4.98 Å². The number of carbonyl (C=O) groups excluding carboxylic acids is 2. The summed E-state index contributed by atoms with van der Waals surface area (Å²) >= 11 is 0. The van der Waals surface area contributed by atoms with E-state index >= 15 is 0 Å². The van der Waals surface area contributed by atoms with E-state index < -0.39 is 5.41 Å². The third kappa shape index (κ3) is 4.24. The zero-order valence-corrected chi connectivity index (χ0v) is 18.2. The molecule has 2 aliphatic heterocycles. The minimum atomic E-state index is -0.680. The maximum absolute atomic E-state index is 13.1. The van der Waals surface area contributed by atoms with Crippen molar-refractivity contribution in [3.05, 3.63) is 29.7 Å². The van der Waals surface area contributed by atoms with Crippen LogP contribution in [0.15, 0.2) is 16.9 Å². The lowest BCUT2D eigenvalue weighted by atomic mass is 9.75. The Kier molecular flexibility index (Phi) is 5.88. The van der Waals surface area contributed by atoms with Crippen molar-refractivity contribution >= 4 is 17.8 Å². The van der Waals surface area contributed by atoms with Crippen molar-refractivity contribution < 1.29 is 18.8 Å². The van der Waals surface area contributed by atoms with Crippen molar-refractivity contribution in [2.24, 2.45) is 11.3 Å². The van der Waals surface area contributed by atoms with Crippen LogP contribution >= 0.6 is 0 Å². The van der Waals surface area contributed by atoms with E-state index in [4.69, 9.17) is 9.26 Å². The van der Waals surface area contributed by atoms with Gasteiger partial charge in [0.05, 0.1) is 12.0 Å². The molecule has 0 radical (unpaired) electrons. The Balaban J connectivity index is 1.56. The number of nitrogens with zero attached hydrogens (tertiary/aromatic N) is 6. The number of ether oxygens (including phenoxy) is 1. The second-order valence-electron chi connectivity index (χ2n) is 8.37. The van der Waals surface area contributed by atoms with Gasteiger partial charge in [-0.25, -0.2) is 9.97 Å². The highest BCUT2D eigenvalue weighted by Crippen LogP contribution is 2.44. The minimum absolute atomic E-state index is 0.0603. The Bertz CT molecular complexity index is 946. The molecule has 31 heavy (non-hydrogen) atoms. The average molecular weight is 428 g/mol. The van der Waals surface area contributed by atoms with E-state index in [1.54, 1.807) is 19.3 Å². The van der Waals surface area contributed by atoms with Crippen LogP contribution in [0.4, 0.5) is 5.95 Å². The molecule has 2 atom stereocenters. The van der Waals surface area contributed by atoms with Crippen LogP contribution in [0.25, 0.3) is 0 Å². The van der Waals surface area contributed by atoms with Gasteiger partial charge in [0.1, 0.15) is 6.42 Å². The molecule has 4 heterocycles. The molecule has 0 spiro atoms. The zero-order chi connectivity index (χ0) is 22.0. The second kappa shape index (κ2) is 8.60. The lowest BCUT2D eigenvalue weighted by molar-refractivity contribution is -0.157. The Hall–Kier alpha value is -3.04. The predicted molar refractivity (Wildman–Crippen MR) is 110 cm³/mol. The van der Waals surface area contributed by atoms with Crippen LogP contribution in [0.5, 0.6) is 0 Å². The summed E-state index contributed by atoms with van der Waals surface area (Å²) in [5.41, 5.74) is 0.297. The summed E-state index contributed by atoms with van der Waals surface area (Å²) in [6, 6.07) is 0. The van der Waals surface area contributed by atoms with Gasteiger partial charge in [0.2, 0.25) is 17.7 Å². The smallest absolute Gasteiger partial charge is 0.314 e. The van der Waals surface area contributed by atoms with E-state index in [9.17, 15) is 9.59 Å². The molecule has 0 aromatic carbocycles. The minimum Gasteiger partial charge on any atom is -0.466 e. The molecule has 0 saturated carbocycles. The first kappa shape index (κ1) is 21.2. The molecule has 2 aliphatic rings. The van der Waals surface area contributed by atoms with E-state index in [0.717, 1.165) is 5.56 Å². The van der Waals surface area contributed by atoms with E-state index in [1.165, 1.54) is 0 Å². The van der Waals surface area contributed by atoms with Gasteiger partial charge in [-0.1, -0.05) is 5.16 Å². The van der Waals surface area contributed by atoms with Gasteiger partial charge in [-0.3, -0.25) is 9.59 Å². The molecule has 2 saturated heterocycles. The van der Waals surface area contributed by atoms with Crippen LogP contribution in [0.2, 0.25) is 0 Å². The highest BCUT2D eigenvalue weighted by atomic mass is 16.5. The molecule has 4 rings (SSSR count). The Morgan fingerprint density at radius 3 is 2.71 bits per heavy atom. The molecular weight excluding hydrogens is 400 g/mol. The largest absolute Gasteiger partial charge is 0.466 e. The second-order valence-corrected chi connectivity index (χ2v) is 8.37. The van der Waals surface area contributed by atoms with Gasteiger partial charge in [-0.05, 0) is 39.2 Å². The molecular formula is C21H28N6O4. The number of aryl methyl sites for hydroxylation is 2. The van der Waals surface area contributed by atoms with Crippen molar-refractivity contribution in [3.63, 3.8) is 0 Å². The fourth-order valence-electron chi connectivity index (χ4n) is 4.62. The first-order valence-corrected chi connectivity index (χ1v) is 10.7. The van der Waals surface area contributed by atoms with E-state index in [1.807, 2.05) is 23.6 Å². The van der Waals surface area contributed by atoms with Gasteiger partial charge < -0.3 is 19.1 Å². The molecule has 10 nitrogen and oxygen atoms in total. The van der Waals surface area contributed by atoms with Crippen LogP contribution in [0.1, 0.15) is 37.0 Å². The molecule has 0 bridgehead atoms. The van der Waals surface area contributed by atoms with Crippen molar-refractivity contribution in [2.75, 3.05) is 37.7 Å². The van der Waals surface area contributed by atoms with Gasteiger partial charge in [0.15, 0.2) is 5.82 Å². The topological polar surface area (TPSA) is 115 Å². The summed E-state index contributed by atoms with van der Waals surface area (Å²) in [5.74, 6) is 1.06. The molecule has 10 heteroatoms. The quantitative estimate of drug-likeness (QED) is 0.650. The van der Waals surface area contributed by atoms with Crippen LogP contribution in [0, 0.1) is 25.2 Å². The zero-order valence-electron chi connectivity index (χ0n) is 18.2. The number of carbonyl (C=O) groups is 2. The molecule has 0 N–H and O–H groups in total. The van der Waals surface area contributed by atoms with Crippen molar-refractivity contribution in [2.45, 2.75) is 40.0 Å². The predicted octanol–water partition coefficient (Wildman–Crippen LogP) is 1.33. The average Bonchev–Trinajstić information content (AvgIpc) is 3.26. The molecule has 0 unspecified atom stereocenters. The maximum atomic E-state index is 13.1. The summed E-state index contributed by atoms with van der Waals surface area (Å²) in [5, 5.41) is 3.75. The molecule has 0 aliphatic carbocycles. The van der Waals surface area contributed by atoms with E-state index in [-0.39, 0.29) is 24.2 Å². The first-order valence-electron chi connectivity index (χ1n) is 10.7. The van der Waals surface area contributed by atoms with Crippen molar-refractivity contribution in [3.8, 4) is 0 Å². The summed E-state index contributed by atoms with van der Waals surface area (Å²) in [4.78, 5) is 43.0. The number of aromatic nitrogens is 4. The lowest BCUT2D eigenvalue weighted by Crippen LogP contribution is -2.44. The normalized spacial score (nSPS) is 23.4. The number of esters is 1. The summed E-state index contributed by atoms with van der Waals surface area (Å²) < 4.78 is 10.6. The summed E-state index contributed by atoms with van der Waals surface area (Å²) in [6.45, 7) is 7.93. The maximum Gasteiger partial charge on any atom is 0.314 e. The number of anilines is 1. The van der Waals surface area contributed by atoms with Gasteiger partial charge in [-0.15, -0.1) is 0 Å². The number of hydrogen-bond acceptors (Lipinski definition) is 9. The number of fused-ring (bicyclic) bond motifs is 1. The lowest BCUT2D eigenvalue weighted by Gasteiger charge is -2.31. The summed E-state index contributed by atoms with van der Waals surface area (Å²) in [6.07, 6.45) is 4.98. The number of rotatable bonds is 5. The highest BCUT2D eigenvalue weighted by Gasteiger charge is 2.55. The highest BCUT2D eigenvalue weighted by molar-refractivity contribution is 5.81. The molecule has 166 valence electrons. The van der Waals surface area contributed by atoms with E-state index in [2.05, 4.69) is 20.1 Å². The molecule has 2 aromatic heterocycles. The summed E-state index contributed by atoms with van der Waals surface area (Å²) in [7, 11) is 0. The van der Waals surface area contributed by atoms with Gasteiger partial charge >= 0.3 is 5.97 Å². The molecule has 2 aromatic rings. The number of amides is 1.